The Kier molecular flexibility index (Phi) is 6.27. The van der Waals surface area contributed by atoms with E-state index in [2.05, 4.69) is 0 Å². The highest BCUT2D eigenvalue weighted by atomic mass is 19.1. The maximum absolute atomic E-state index is 14.1. The molecule has 1 rings (SSSR count). The van der Waals surface area contributed by atoms with E-state index in [1.807, 2.05) is 0 Å². The Morgan fingerprint density at radius 3 is 2.05 bits per heavy atom. The summed E-state index contributed by atoms with van der Waals surface area (Å²) in [6.45, 7) is 2.07. The predicted octanol–water partition coefficient (Wildman–Crippen LogP) is 2.55. The number of halogens is 2. The third-order valence-corrected chi connectivity index (χ3v) is 3.05. The number of esters is 2. The van der Waals surface area contributed by atoms with Crippen LogP contribution in [0.3, 0.4) is 0 Å². The van der Waals surface area contributed by atoms with Gasteiger partial charge in [0, 0.05) is 12.0 Å². The van der Waals surface area contributed by atoms with Crippen LogP contribution in [0.4, 0.5) is 8.78 Å². The van der Waals surface area contributed by atoms with Gasteiger partial charge in [0.15, 0.2) is 5.41 Å². The monoisotopic (exact) mass is 300 g/mol. The van der Waals surface area contributed by atoms with Gasteiger partial charge in [-0.05, 0) is 19.9 Å². The normalized spacial score (nSPS) is 11.0. The predicted molar refractivity (Wildman–Crippen MR) is 71.9 cm³/mol. The molecule has 0 radical (unpaired) electrons. The van der Waals surface area contributed by atoms with E-state index in [0.29, 0.717) is 0 Å². The van der Waals surface area contributed by atoms with Crippen molar-refractivity contribution in [1.82, 2.24) is 0 Å². The second-order valence-corrected chi connectivity index (χ2v) is 4.27. The fourth-order valence-corrected chi connectivity index (χ4v) is 2.10. The van der Waals surface area contributed by atoms with Gasteiger partial charge in [-0.3, -0.25) is 14.0 Å². The van der Waals surface area contributed by atoms with E-state index in [0.717, 1.165) is 6.07 Å². The van der Waals surface area contributed by atoms with E-state index in [4.69, 9.17) is 9.47 Å². The molecule has 0 bridgehead atoms. The summed E-state index contributed by atoms with van der Waals surface area (Å²) in [6.07, 6.45) is -0.536. The summed E-state index contributed by atoms with van der Waals surface area (Å²) in [4.78, 5) is 24.5. The van der Waals surface area contributed by atoms with Gasteiger partial charge < -0.3 is 9.47 Å². The molecule has 1 aromatic rings. The zero-order valence-electron chi connectivity index (χ0n) is 12.0. The van der Waals surface area contributed by atoms with Crippen molar-refractivity contribution in [1.29, 1.82) is 0 Å². The summed E-state index contributed by atoms with van der Waals surface area (Å²) < 4.78 is 36.8. The van der Waals surface area contributed by atoms with Gasteiger partial charge >= 0.3 is 11.9 Å². The Bertz CT molecular complexity index is 484. The highest BCUT2D eigenvalue weighted by Gasteiger charge is 2.51. The van der Waals surface area contributed by atoms with Crippen LogP contribution >= 0.6 is 0 Å². The number of hydrogen-bond donors (Lipinski definition) is 0. The first-order valence-corrected chi connectivity index (χ1v) is 6.70. The molecule has 0 aliphatic carbocycles. The summed E-state index contributed by atoms with van der Waals surface area (Å²) in [6, 6.07) is 5.23. The van der Waals surface area contributed by atoms with Crippen LogP contribution in [0.25, 0.3) is 0 Å². The van der Waals surface area contributed by atoms with Crippen LogP contribution in [0, 0.1) is 5.82 Å². The molecule has 0 saturated heterocycles. The summed E-state index contributed by atoms with van der Waals surface area (Å²) in [7, 11) is 0. The molecule has 0 saturated carbocycles. The third-order valence-electron chi connectivity index (χ3n) is 3.05. The second kappa shape index (κ2) is 7.71. The number of ether oxygens (including phenoxy) is 2. The average Bonchev–Trinajstić information content (AvgIpc) is 2.46. The van der Waals surface area contributed by atoms with E-state index in [-0.39, 0.29) is 18.8 Å². The van der Waals surface area contributed by atoms with Gasteiger partial charge in [0.25, 0.3) is 0 Å². The SMILES string of the molecule is CCOC(=O)C(CCF)(C(=O)OCC)c1ccccc1F. The lowest BCUT2D eigenvalue weighted by molar-refractivity contribution is -0.165. The van der Waals surface area contributed by atoms with E-state index in [1.165, 1.54) is 18.2 Å². The van der Waals surface area contributed by atoms with Crippen LogP contribution < -0.4 is 0 Å². The van der Waals surface area contributed by atoms with Crippen molar-refractivity contribution in [3.05, 3.63) is 35.6 Å². The van der Waals surface area contributed by atoms with Crippen LogP contribution in [0.1, 0.15) is 25.8 Å². The summed E-state index contributed by atoms with van der Waals surface area (Å²) in [5.74, 6) is -2.80. The lowest BCUT2D eigenvalue weighted by Gasteiger charge is -2.29. The molecule has 0 heterocycles. The molecule has 0 N–H and O–H groups in total. The largest absolute Gasteiger partial charge is 0.465 e. The lowest BCUT2D eigenvalue weighted by Crippen LogP contribution is -2.47. The number of carbonyl (C=O) groups is 2. The maximum Gasteiger partial charge on any atom is 0.328 e. The number of rotatable bonds is 7. The van der Waals surface area contributed by atoms with Crippen LogP contribution in [0.5, 0.6) is 0 Å². The Morgan fingerprint density at radius 2 is 1.62 bits per heavy atom. The van der Waals surface area contributed by atoms with Gasteiger partial charge in [0.2, 0.25) is 0 Å². The first kappa shape index (κ1) is 17.1. The van der Waals surface area contributed by atoms with E-state index in [1.54, 1.807) is 13.8 Å². The molecular weight excluding hydrogens is 282 g/mol. The highest BCUT2D eigenvalue weighted by molar-refractivity contribution is 6.06. The molecule has 0 unspecified atom stereocenters. The zero-order chi connectivity index (χ0) is 15.9. The average molecular weight is 300 g/mol. The zero-order valence-corrected chi connectivity index (χ0v) is 12.0. The molecule has 6 heteroatoms. The van der Waals surface area contributed by atoms with Crippen molar-refractivity contribution in [2.75, 3.05) is 19.9 Å². The molecule has 0 spiro atoms. The molecule has 4 nitrogen and oxygen atoms in total. The van der Waals surface area contributed by atoms with Crippen LogP contribution in [-0.4, -0.2) is 31.8 Å². The first-order chi connectivity index (χ1) is 10.0. The molecular formula is C15H18F2O4. The topological polar surface area (TPSA) is 52.6 Å². The fraction of sp³-hybridized carbons (Fsp3) is 0.467. The summed E-state index contributed by atoms with van der Waals surface area (Å²) in [5.41, 5.74) is -2.36. The number of carbonyl (C=O) groups excluding carboxylic acids is 2. The van der Waals surface area contributed by atoms with Crippen molar-refractivity contribution in [3.8, 4) is 0 Å². The van der Waals surface area contributed by atoms with Crippen LogP contribution in [-0.2, 0) is 24.5 Å². The van der Waals surface area contributed by atoms with Gasteiger partial charge in [0.1, 0.15) is 5.82 Å². The standard InChI is InChI=1S/C15H18F2O4/c1-3-20-13(18)15(9-10-16,14(19)21-4-2)11-7-5-6-8-12(11)17/h5-8H,3-4,9-10H2,1-2H3. The number of benzene rings is 1. The fourth-order valence-electron chi connectivity index (χ4n) is 2.10. The summed E-state index contributed by atoms with van der Waals surface area (Å²) in [5, 5.41) is 0. The minimum atomic E-state index is -2.12. The van der Waals surface area contributed by atoms with Gasteiger partial charge in [-0.25, -0.2) is 4.39 Å². The van der Waals surface area contributed by atoms with Crippen LogP contribution in [0.2, 0.25) is 0 Å². The van der Waals surface area contributed by atoms with Crippen molar-refractivity contribution in [2.45, 2.75) is 25.7 Å². The maximum atomic E-state index is 14.1. The highest BCUT2D eigenvalue weighted by Crippen LogP contribution is 2.33. The molecule has 0 aliphatic heterocycles. The molecule has 0 atom stereocenters. The lowest BCUT2D eigenvalue weighted by atomic mass is 9.77. The Morgan fingerprint density at radius 1 is 1.10 bits per heavy atom. The van der Waals surface area contributed by atoms with Crippen molar-refractivity contribution >= 4 is 11.9 Å². The second-order valence-electron chi connectivity index (χ2n) is 4.27. The molecule has 21 heavy (non-hydrogen) atoms. The van der Waals surface area contributed by atoms with E-state index in [9.17, 15) is 18.4 Å². The Hall–Kier alpha value is -1.98. The molecule has 0 amide bonds. The minimum Gasteiger partial charge on any atom is -0.465 e. The molecule has 0 aromatic heterocycles. The quantitative estimate of drug-likeness (QED) is 0.573. The smallest absolute Gasteiger partial charge is 0.328 e. The van der Waals surface area contributed by atoms with Crippen molar-refractivity contribution < 1.29 is 27.8 Å². The molecule has 1 aromatic carbocycles. The van der Waals surface area contributed by atoms with Gasteiger partial charge in [-0.15, -0.1) is 0 Å². The summed E-state index contributed by atoms with van der Waals surface area (Å²) >= 11 is 0. The Balaban J connectivity index is 3.47. The molecule has 0 aliphatic rings. The van der Waals surface area contributed by atoms with Gasteiger partial charge in [-0.2, -0.15) is 0 Å². The van der Waals surface area contributed by atoms with Crippen molar-refractivity contribution in [3.63, 3.8) is 0 Å². The van der Waals surface area contributed by atoms with Gasteiger partial charge in [0.05, 0.1) is 19.9 Å². The van der Waals surface area contributed by atoms with E-state index >= 15 is 0 Å². The molecule has 116 valence electrons. The van der Waals surface area contributed by atoms with E-state index < -0.39 is 36.3 Å². The number of alkyl halides is 1. The van der Waals surface area contributed by atoms with Crippen LogP contribution in [0.15, 0.2) is 24.3 Å². The van der Waals surface area contributed by atoms with Gasteiger partial charge in [-0.1, -0.05) is 18.2 Å². The molecule has 0 fully saturated rings. The van der Waals surface area contributed by atoms with Crippen molar-refractivity contribution in [2.24, 2.45) is 0 Å². The Labute approximate surface area is 122 Å². The minimum absolute atomic E-state index is 0.0132. The number of hydrogen-bond acceptors (Lipinski definition) is 4. The first-order valence-electron chi connectivity index (χ1n) is 6.70. The third kappa shape index (κ3) is 3.37.